The minimum Gasteiger partial charge on any atom is -0.396 e. The molecular weight excluding hydrogens is 356 g/mol. The van der Waals surface area contributed by atoms with Crippen molar-refractivity contribution in [1.82, 2.24) is 9.80 Å². The van der Waals surface area contributed by atoms with Crippen molar-refractivity contribution in [2.45, 2.75) is 6.54 Å². The minimum absolute atomic E-state index is 0.269. The molecule has 0 radical (unpaired) electrons. The van der Waals surface area contributed by atoms with Crippen molar-refractivity contribution in [2.75, 3.05) is 52.5 Å². The van der Waals surface area contributed by atoms with E-state index < -0.39 is 0 Å². The van der Waals surface area contributed by atoms with Gasteiger partial charge in [-0.2, -0.15) is 0 Å². The number of nitrogens with zero attached hydrogens (tertiary/aromatic N) is 2. The van der Waals surface area contributed by atoms with Crippen LogP contribution in [-0.2, 0) is 11.3 Å². The number of aliphatic hydroxyl groups excluding tert-OH is 1. The molecule has 0 unspecified atom stereocenters. The monoisotopic (exact) mass is 380 g/mol. The highest BCUT2D eigenvalue weighted by atomic mass is 35.5. The first-order chi connectivity index (χ1) is 12.2. The molecule has 0 amide bonds. The van der Waals surface area contributed by atoms with Crippen LogP contribution in [0.1, 0.15) is 4.88 Å². The van der Waals surface area contributed by atoms with Crippen molar-refractivity contribution in [3.8, 4) is 0 Å². The van der Waals surface area contributed by atoms with E-state index in [0.29, 0.717) is 11.8 Å². The summed E-state index contributed by atoms with van der Waals surface area (Å²) in [4.78, 5) is 6.18. The Morgan fingerprint density at radius 3 is 2.64 bits per heavy atom. The number of fused-ring (bicyclic) bond motifs is 1. The van der Waals surface area contributed by atoms with Gasteiger partial charge in [0, 0.05) is 60.8 Å². The first kappa shape index (κ1) is 17.7. The molecule has 2 aliphatic heterocycles. The predicted octanol–water partition coefficient (Wildman–Crippen LogP) is 2.93. The molecule has 1 aromatic carbocycles. The first-order valence-electron chi connectivity index (χ1n) is 9.04. The quantitative estimate of drug-likeness (QED) is 0.865. The van der Waals surface area contributed by atoms with E-state index in [-0.39, 0.29) is 6.61 Å². The van der Waals surface area contributed by atoms with Gasteiger partial charge in [-0.3, -0.25) is 9.80 Å². The summed E-state index contributed by atoms with van der Waals surface area (Å²) in [6, 6.07) is 8.34. The van der Waals surface area contributed by atoms with Gasteiger partial charge in [0.25, 0.3) is 0 Å². The largest absolute Gasteiger partial charge is 0.396 e. The van der Waals surface area contributed by atoms with Crippen molar-refractivity contribution in [3.63, 3.8) is 0 Å². The number of rotatable bonds is 5. The summed E-state index contributed by atoms with van der Waals surface area (Å²) >= 11 is 8.40. The summed E-state index contributed by atoms with van der Waals surface area (Å²) in [7, 11) is 0. The molecule has 1 aromatic heterocycles. The van der Waals surface area contributed by atoms with Crippen LogP contribution < -0.4 is 0 Å². The highest BCUT2D eigenvalue weighted by molar-refractivity contribution is 7.19. The van der Waals surface area contributed by atoms with E-state index in [0.717, 1.165) is 62.9 Å². The van der Waals surface area contributed by atoms with Gasteiger partial charge in [0.05, 0.1) is 18.2 Å². The molecule has 2 atom stereocenters. The van der Waals surface area contributed by atoms with E-state index in [1.165, 1.54) is 9.58 Å². The molecule has 0 bridgehead atoms. The molecule has 3 heterocycles. The van der Waals surface area contributed by atoms with E-state index in [1.54, 1.807) is 11.3 Å². The lowest BCUT2D eigenvalue weighted by atomic mass is 9.96. The lowest BCUT2D eigenvalue weighted by Crippen LogP contribution is -2.41. The minimum atomic E-state index is 0.269. The fourth-order valence-corrected chi connectivity index (χ4v) is 5.60. The van der Waals surface area contributed by atoms with Gasteiger partial charge >= 0.3 is 0 Å². The van der Waals surface area contributed by atoms with Crippen LogP contribution >= 0.6 is 22.9 Å². The Kier molecular flexibility index (Phi) is 5.60. The molecule has 136 valence electrons. The number of aliphatic hydroxyl groups is 1. The van der Waals surface area contributed by atoms with Gasteiger partial charge in [0.1, 0.15) is 0 Å². The molecule has 0 saturated carbocycles. The predicted molar refractivity (Wildman–Crippen MR) is 103 cm³/mol. The number of likely N-dealkylation sites (tertiary alicyclic amines) is 1. The zero-order valence-corrected chi connectivity index (χ0v) is 15.9. The second-order valence-corrected chi connectivity index (χ2v) is 8.66. The number of thiophene rings is 1. The summed E-state index contributed by atoms with van der Waals surface area (Å²) in [6.45, 7) is 7.89. The number of ether oxygens (including phenoxy) is 1. The van der Waals surface area contributed by atoms with Crippen molar-refractivity contribution in [3.05, 3.63) is 34.2 Å². The molecule has 2 saturated heterocycles. The van der Waals surface area contributed by atoms with Crippen LogP contribution in [0.2, 0.25) is 5.02 Å². The highest BCUT2D eigenvalue weighted by Crippen LogP contribution is 2.37. The summed E-state index contributed by atoms with van der Waals surface area (Å²) in [5.41, 5.74) is 0. The third-order valence-electron chi connectivity index (χ3n) is 5.45. The van der Waals surface area contributed by atoms with Crippen LogP contribution in [-0.4, -0.2) is 67.5 Å². The van der Waals surface area contributed by atoms with Gasteiger partial charge in [0.15, 0.2) is 0 Å². The van der Waals surface area contributed by atoms with E-state index in [1.807, 2.05) is 6.07 Å². The second kappa shape index (κ2) is 7.91. The standard InChI is InChI=1S/C19H25ClN2O2S/c20-19-16-3-1-2-4-17(16)25-18(19)12-22-10-14(15(11-22)13-23)9-21-5-7-24-8-6-21/h1-4,14-15,23H,5-13H2/t14-,15-/m1/s1. The first-order valence-corrected chi connectivity index (χ1v) is 10.2. The summed E-state index contributed by atoms with van der Waals surface area (Å²) in [6.07, 6.45) is 0. The van der Waals surface area contributed by atoms with Crippen molar-refractivity contribution >= 4 is 33.0 Å². The molecular formula is C19H25ClN2O2S. The van der Waals surface area contributed by atoms with Gasteiger partial charge in [-0.25, -0.2) is 0 Å². The average molecular weight is 381 g/mol. The van der Waals surface area contributed by atoms with Gasteiger partial charge in [-0.1, -0.05) is 29.8 Å². The second-order valence-electron chi connectivity index (χ2n) is 7.15. The molecule has 2 aliphatic rings. The topological polar surface area (TPSA) is 35.9 Å². The fraction of sp³-hybridized carbons (Fsp3) is 0.579. The average Bonchev–Trinajstić information content (AvgIpc) is 3.17. The van der Waals surface area contributed by atoms with Crippen molar-refractivity contribution in [1.29, 1.82) is 0 Å². The van der Waals surface area contributed by atoms with Crippen molar-refractivity contribution < 1.29 is 9.84 Å². The number of halogens is 1. The van der Waals surface area contributed by atoms with Crippen LogP contribution in [0.5, 0.6) is 0 Å². The van der Waals surface area contributed by atoms with E-state index in [4.69, 9.17) is 16.3 Å². The number of benzene rings is 1. The third kappa shape index (κ3) is 3.87. The van der Waals surface area contributed by atoms with Crippen LogP contribution in [0.3, 0.4) is 0 Å². The fourth-order valence-electron chi connectivity index (χ4n) is 4.06. The van der Waals surface area contributed by atoms with E-state index >= 15 is 0 Å². The zero-order valence-electron chi connectivity index (χ0n) is 14.4. The smallest absolute Gasteiger partial charge is 0.0637 e. The van der Waals surface area contributed by atoms with E-state index in [9.17, 15) is 5.11 Å². The Hall–Kier alpha value is -0.690. The van der Waals surface area contributed by atoms with Gasteiger partial charge in [0.2, 0.25) is 0 Å². The Morgan fingerprint density at radius 1 is 1.12 bits per heavy atom. The highest BCUT2D eigenvalue weighted by Gasteiger charge is 2.34. The molecule has 25 heavy (non-hydrogen) atoms. The maximum absolute atomic E-state index is 9.83. The van der Waals surface area contributed by atoms with E-state index in [2.05, 4.69) is 28.0 Å². The molecule has 4 nitrogen and oxygen atoms in total. The molecule has 2 fully saturated rings. The lowest BCUT2D eigenvalue weighted by Gasteiger charge is -2.30. The van der Waals surface area contributed by atoms with Crippen LogP contribution in [0.15, 0.2) is 24.3 Å². The SMILES string of the molecule is OC[C@H]1CN(Cc2sc3ccccc3c2Cl)C[C@H]1CN1CCOCC1. The maximum Gasteiger partial charge on any atom is 0.0637 e. The number of hydrogen-bond acceptors (Lipinski definition) is 5. The lowest BCUT2D eigenvalue weighted by molar-refractivity contribution is 0.0264. The molecule has 0 aliphatic carbocycles. The van der Waals surface area contributed by atoms with Gasteiger partial charge in [-0.15, -0.1) is 11.3 Å². The Labute approximate surface area is 157 Å². The maximum atomic E-state index is 9.83. The van der Waals surface area contributed by atoms with Crippen LogP contribution in [0, 0.1) is 11.8 Å². The van der Waals surface area contributed by atoms with Crippen molar-refractivity contribution in [2.24, 2.45) is 11.8 Å². The summed E-state index contributed by atoms with van der Waals surface area (Å²) in [5, 5.41) is 11.9. The van der Waals surface area contributed by atoms with Gasteiger partial charge in [-0.05, 0) is 17.9 Å². The van der Waals surface area contributed by atoms with Crippen LogP contribution in [0.25, 0.3) is 10.1 Å². The number of hydrogen-bond donors (Lipinski definition) is 1. The molecule has 2 aromatic rings. The molecule has 0 spiro atoms. The van der Waals surface area contributed by atoms with Gasteiger partial charge < -0.3 is 9.84 Å². The Bertz CT molecular complexity index is 717. The molecule has 6 heteroatoms. The zero-order chi connectivity index (χ0) is 17.2. The number of morpholine rings is 1. The molecule has 1 N–H and O–H groups in total. The third-order valence-corrected chi connectivity index (χ3v) is 7.15. The van der Waals surface area contributed by atoms with Crippen LogP contribution in [0.4, 0.5) is 0 Å². The summed E-state index contributed by atoms with van der Waals surface area (Å²) in [5.74, 6) is 0.882. The normalized spacial score (nSPS) is 25.8. The molecule has 4 rings (SSSR count). The summed E-state index contributed by atoms with van der Waals surface area (Å²) < 4.78 is 6.70. The Morgan fingerprint density at radius 2 is 1.88 bits per heavy atom. The Balaban J connectivity index is 1.43.